The normalized spacial score (nSPS) is 24.2. The van der Waals surface area contributed by atoms with Gasteiger partial charge in [0, 0.05) is 13.1 Å². The second-order valence-corrected chi connectivity index (χ2v) is 6.01. The van der Waals surface area contributed by atoms with Gasteiger partial charge in [-0.1, -0.05) is 18.6 Å². The Hall–Kier alpha value is -0.910. The Balaban J connectivity index is 1.94. The summed E-state index contributed by atoms with van der Waals surface area (Å²) in [5, 5.41) is 0. The molecule has 21 heavy (non-hydrogen) atoms. The summed E-state index contributed by atoms with van der Waals surface area (Å²) in [7, 11) is 0. The predicted molar refractivity (Wildman–Crippen MR) is 82.0 cm³/mol. The Morgan fingerprint density at radius 2 is 2.05 bits per heavy atom. The number of rotatable bonds is 6. The Kier molecular flexibility index (Phi) is 6.21. The molecule has 0 spiro atoms. The fourth-order valence-electron chi connectivity index (χ4n) is 3.10. The van der Waals surface area contributed by atoms with E-state index in [1.807, 2.05) is 18.7 Å². The molecule has 2 saturated heterocycles. The van der Waals surface area contributed by atoms with Crippen LogP contribution in [0.15, 0.2) is 12.2 Å². The third kappa shape index (κ3) is 4.53. The second kappa shape index (κ2) is 7.92. The van der Waals surface area contributed by atoms with E-state index in [9.17, 15) is 4.79 Å². The van der Waals surface area contributed by atoms with E-state index in [0.717, 1.165) is 31.5 Å². The monoisotopic (exact) mass is 296 g/mol. The van der Waals surface area contributed by atoms with Crippen molar-refractivity contribution in [2.45, 2.75) is 45.4 Å². The van der Waals surface area contributed by atoms with Crippen LogP contribution in [0, 0.1) is 0 Å². The van der Waals surface area contributed by atoms with Gasteiger partial charge in [0.05, 0.1) is 25.8 Å². The van der Waals surface area contributed by atoms with Crippen LogP contribution < -0.4 is 0 Å². The predicted octanol–water partition coefficient (Wildman–Crippen LogP) is 1.64. The Morgan fingerprint density at radius 3 is 2.67 bits per heavy atom. The lowest BCUT2D eigenvalue weighted by atomic mass is 10.0. The summed E-state index contributed by atoms with van der Waals surface area (Å²) < 4.78 is 11.3. The largest absolute Gasteiger partial charge is 0.349 e. The first kappa shape index (κ1) is 16.5. The minimum Gasteiger partial charge on any atom is -0.349 e. The molecule has 0 bridgehead atoms. The van der Waals surface area contributed by atoms with E-state index in [-0.39, 0.29) is 18.2 Å². The number of likely N-dealkylation sites (N-methyl/N-ethyl adjacent to an activating group) is 1. The maximum atomic E-state index is 12.5. The summed E-state index contributed by atoms with van der Waals surface area (Å²) in [6.45, 7) is 12.0. The van der Waals surface area contributed by atoms with Gasteiger partial charge >= 0.3 is 0 Å². The number of likely N-dealkylation sites (tertiary alicyclic amines) is 1. The van der Waals surface area contributed by atoms with Crippen molar-refractivity contribution in [3.8, 4) is 0 Å². The van der Waals surface area contributed by atoms with Gasteiger partial charge in [-0.3, -0.25) is 9.69 Å². The van der Waals surface area contributed by atoms with Crippen LogP contribution in [0.25, 0.3) is 0 Å². The third-order valence-corrected chi connectivity index (χ3v) is 4.16. The fraction of sp³-hybridized carbons (Fsp3) is 0.812. The highest BCUT2D eigenvalue weighted by Crippen LogP contribution is 2.24. The highest BCUT2D eigenvalue weighted by Gasteiger charge is 2.34. The summed E-state index contributed by atoms with van der Waals surface area (Å²) in [5.74, 6) is 0.172. The molecular formula is C16H28N2O3. The number of ether oxygens (including phenoxy) is 2. The zero-order chi connectivity index (χ0) is 15.2. The molecule has 0 radical (unpaired) electrons. The average molecular weight is 296 g/mol. The molecule has 2 fully saturated rings. The van der Waals surface area contributed by atoms with Crippen LogP contribution in [0.4, 0.5) is 0 Å². The first-order valence-corrected chi connectivity index (χ1v) is 8.01. The van der Waals surface area contributed by atoms with Crippen molar-refractivity contribution >= 4 is 5.91 Å². The van der Waals surface area contributed by atoms with Crippen LogP contribution >= 0.6 is 0 Å². The topological polar surface area (TPSA) is 42.0 Å². The Bertz CT molecular complexity index is 367. The van der Waals surface area contributed by atoms with Crippen molar-refractivity contribution in [2.75, 3.05) is 39.4 Å². The molecule has 2 aliphatic heterocycles. The standard InChI is InChI=1S/C16H28N2O3/c1-4-17(11-13(2)3)15(19)12-18-8-6-5-7-14(18)16-20-9-10-21-16/h14,16H,2,4-12H2,1,3H3. The van der Waals surface area contributed by atoms with Crippen LogP contribution in [0.3, 0.4) is 0 Å². The summed E-state index contributed by atoms with van der Waals surface area (Å²) >= 11 is 0. The van der Waals surface area contributed by atoms with Crippen LogP contribution in [0.2, 0.25) is 0 Å². The van der Waals surface area contributed by atoms with Crippen molar-refractivity contribution in [2.24, 2.45) is 0 Å². The number of hydrogen-bond donors (Lipinski definition) is 0. The molecule has 120 valence electrons. The van der Waals surface area contributed by atoms with Gasteiger partial charge < -0.3 is 14.4 Å². The van der Waals surface area contributed by atoms with Gasteiger partial charge in [-0.2, -0.15) is 0 Å². The molecule has 1 unspecified atom stereocenters. The van der Waals surface area contributed by atoms with Crippen molar-refractivity contribution in [3.63, 3.8) is 0 Å². The molecule has 1 atom stereocenters. The molecule has 2 heterocycles. The zero-order valence-electron chi connectivity index (χ0n) is 13.3. The molecule has 0 N–H and O–H groups in total. The number of amides is 1. The molecule has 2 aliphatic rings. The first-order valence-electron chi connectivity index (χ1n) is 8.01. The molecule has 5 heteroatoms. The third-order valence-electron chi connectivity index (χ3n) is 4.16. The maximum absolute atomic E-state index is 12.5. The van der Waals surface area contributed by atoms with Crippen LogP contribution in [0.5, 0.6) is 0 Å². The van der Waals surface area contributed by atoms with Crippen molar-refractivity contribution < 1.29 is 14.3 Å². The van der Waals surface area contributed by atoms with Crippen molar-refractivity contribution in [1.29, 1.82) is 0 Å². The zero-order valence-corrected chi connectivity index (χ0v) is 13.3. The first-order chi connectivity index (χ1) is 10.1. The highest BCUT2D eigenvalue weighted by atomic mass is 16.7. The van der Waals surface area contributed by atoms with E-state index in [2.05, 4.69) is 11.5 Å². The molecule has 0 saturated carbocycles. The average Bonchev–Trinajstić information content (AvgIpc) is 2.99. The number of carbonyl (C=O) groups excluding carboxylic acids is 1. The molecule has 5 nitrogen and oxygen atoms in total. The summed E-state index contributed by atoms with van der Waals surface area (Å²) in [5.41, 5.74) is 1.02. The smallest absolute Gasteiger partial charge is 0.237 e. The van der Waals surface area contributed by atoms with E-state index in [0.29, 0.717) is 26.3 Å². The molecular weight excluding hydrogens is 268 g/mol. The van der Waals surface area contributed by atoms with Gasteiger partial charge in [0.25, 0.3) is 0 Å². The van der Waals surface area contributed by atoms with Gasteiger partial charge in [0.2, 0.25) is 5.91 Å². The minimum atomic E-state index is -0.158. The van der Waals surface area contributed by atoms with Gasteiger partial charge in [-0.15, -0.1) is 0 Å². The number of piperidine rings is 1. The molecule has 1 amide bonds. The lowest BCUT2D eigenvalue weighted by Gasteiger charge is -2.38. The van der Waals surface area contributed by atoms with E-state index in [1.54, 1.807) is 0 Å². The SMILES string of the molecule is C=C(C)CN(CC)C(=O)CN1CCCCC1C1OCCO1. The molecule has 0 aliphatic carbocycles. The number of hydrogen-bond acceptors (Lipinski definition) is 4. The van der Waals surface area contributed by atoms with Crippen molar-refractivity contribution in [1.82, 2.24) is 9.80 Å². The van der Waals surface area contributed by atoms with Gasteiger partial charge in [-0.25, -0.2) is 0 Å². The summed E-state index contributed by atoms with van der Waals surface area (Å²) in [6, 6.07) is 0.216. The quantitative estimate of drug-likeness (QED) is 0.699. The Morgan fingerprint density at radius 1 is 1.33 bits per heavy atom. The second-order valence-electron chi connectivity index (χ2n) is 6.01. The Labute approximate surface area is 127 Å². The van der Waals surface area contributed by atoms with E-state index >= 15 is 0 Å². The van der Waals surface area contributed by atoms with E-state index in [4.69, 9.17) is 9.47 Å². The summed E-state index contributed by atoms with van der Waals surface area (Å²) in [6.07, 6.45) is 3.21. The molecule has 0 aromatic heterocycles. The fourth-order valence-corrected chi connectivity index (χ4v) is 3.10. The molecule has 2 rings (SSSR count). The number of carbonyl (C=O) groups is 1. The lowest BCUT2D eigenvalue weighted by molar-refractivity contribution is -0.139. The molecule has 0 aromatic rings. The summed E-state index contributed by atoms with van der Waals surface area (Å²) in [4.78, 5) is 16.6. The lowest BCUT2D eigenvalue weighted by Crippen LogP contribution is -2.51. The molecule has 0 aromatic carbocycles. The van der Waals surface area contributed by atoms with E-state index in [1.165, 1.54) is 6.42 Å². The van der Waals surface area contributed by atoms with Crippen molar-refractivity contribution in [3.05, 3.63) is 12.2 Å². The number of nitrogens with zero attached hydrogens (tertiary/aromatic N) is 2. The van der Waals surface area contributed by atoms with E-state index < -0.39 is 0 Å². The minimum absolute atomic E-state index is 0.158. The highest BCUT2D eigenvalue weighted by molar-refractivity contribution is 5.78. The van der Waals surface area contributed by atoms with Crippen LogP contribution in [-0.4, -0.2) is 67.4 Å². The van der Waals surface area contributed by atoms with Gasteiger partial charge in [-0.05, 0) is 33.2 Å². The van der Waals surface area contributed by atoms with Crippen LogP contribution in [0.1, 0.15) is 33.1 Å². The van der Waals surface area contributed by atoms with Gasteiger partial charge in [0.15, 0.2) is 6.29 Å². The van der Waals surface area contributed by atoms with Gasteiger partial charge in [0.1, 0.15) is 0 Å². The maximum Gasteiger partial charge on any atom is 0.237 e. The van der Waals surface area contributed by atoms with Crippen LogP contribution in [-0.2, 0) is 14.3 Å².